The van der Waals surface area contributed by atoms with E-state index in [9.17, 15) is 0 Å². The minimum Gasteiger partial charge on any atom is -0.323 e. The Hall–Kier alpha value is -1.52. The summed E-state index contributed by atoms with van der Waals surface area (Å²) in [6, 6.07) is 6.51. The normalized spacial score (nSPS) is 12.8. The standard InChI is InChI=1S/C18H25N/c1-5-7-8-9-17(18(19)6-2)13-16-11-10-14(3)12-15(16)4/h10-13,18H,5-7,19H2,1-4H3. The van der Waals surface area contributed by atoms with Gasteiger partial charge in [0, 0.05) is 18.0 Å². The molecular weight excluding hydrogens is 230 g/mol. The molecule has 0 aliphatic carbocycles. The minimum absolute atomic E-state index is 0.0325. The molecule has 1 nitrogen and oxygen atoms in total. The van der Waals surface area contributed by atoms with Crippen molar-refractivity contribution in [1.82, 2.24) is 0 Å². The molecule has 1 aromatic carbocycles. The molecule has 0 aliphatic rings. The van der Waals surface area contributed by atoms with Crippen LogP contribution in [-0.2, 0) is 0 Å². The van der Waals surface area contributed by atoms with Gasteiger partial charge in [0.1, 0.15) is 0 Å². The average Bonchev–Trinajstić information content (AvgIpc) is 2.39. The lowest BCUT2D eigenvalue weighted by atomic mass is 9.99. The zero-order valence-electron chi connectivity index (χ0n) is 12.6. The summed E-state index contributed by atoms with van der Waals surface area (Å²) in [6.07, 6.45) is 5.08. The van der Waals surface area contributed by atoms with E-state index in [0.29, 0.717) is 0 Å². The van der Waals surface area contributed by atoms with Crippen LogP contribution in [0.2, 0.25) is 0 Å². The predicted octanol–water partition coefficient (Wildman–Crippen LogP) is 4.23. The number of nitrogens with two attached hydrogens (primary N) is 1. The van der Waals surface area contributed by atoms with Crippen molar-refractivity contribution in [2.45, 2.75) is 53.0 Å². The fraction of sp³-hybridized carbons (Fsp3) is 0.444. The molecule has 0 aromatic heterocycles. The molecule has 0 spiro atoms. The van der Waals surface area contributed by atoms with Gasteiger partial charge in [-0.3, -0.25) is 0 Å². The highest BCUT2D eigenvalue weighted by atomic mass is 14.6. The first-order chi connectivity index (χ1) is 9.08. The van der Waals surface area contributed by atoms with Crippen LogP contribution in [0.4, 0.5) is 0 Å². The fourth-order valence-corrected chi connectivity index (χ4v) is 1.90. The molecule has 0 saturated carbocycles. The van der Waals surface area contributed by atoms with E-state index in [1.807, 2.05) is 0 Å². The molecule has 0 radical (unpaired) electrons. The third kappa shape index (κ3) is 4.93. The number of aryl methyl sites for hydroxylation is 2. The second-order valence-electron chi connectivity index (χ2n) is 5.03. The fourth-order valence-electron chi connectivity index (χ4n) is 1.90. The summed E-state index contributed by atoms with van der Waals surface area (Å²) in [5.41, 5.74) is 11.0. The van der Waals surface area contributed by atoms with Gasteiger partial charge in [0.15, 0.2) is 0 Å². The Labute approximate surface area is 117 Å². The predicted molar refractivity (Wildman–Crippen MR) is 84.8 cm³/mol. The van der Waals surface area contributed by atoms with Crippen LogP contribution in [0.25, 0.3) is 6.08 Å². The second-order valence-corrected chi connectivity index (χ2v) is 5.03. The molecule has 1 atom stereocenters. The third-order valence-corrected chi connectivity index (χ3v) is 3.18. The molecule has 1 heteroatoms. The molecule has 0 heterocycles. The van der Waals surface area contributed by atoms with Gasteiger partial charge in [-0.05, 0) is 43.9 Å². The highest BCUT2D eigenvalue weighted by molar-refractivity contribution is 5.62. The van der Waals surface area contributed by atoms with Gasteiger partial charge in [0.05, 0.1) is 0 Å². The summed E-state index contributed by atoms with van der Waals surface area (Å²) in [5.74, 6) is 6.45. The van der Waals surface area contributed by atoms with E-state index in [4.69, 9.17) is 5.73 Å². The van der Waals surface area contributed by atoms with E-state index in [-0.39, 0.29) is 6.04 Å². The van der Waals surface area contributed by atoms with Gasteiger partial charge >= 0.3 is 0 Å². The topological polar surface area (TPSA) is 26.0 Å². The Balaban J connectivity index is 3.09. The third-order valence-electron chi connectivity index (χ3n) is 3.18. The number of unbranched alkanes of at least 4 members (excludes halogenated alkanes) is 1. The van der Waals surface area contributed by atoms with Gasteiger partial charge in [-0.2, -0.15) is 0 Å². The quantitative estimate of drug-likeness (QED) is 0.801. The van der Waals surface area contributed by atoms with Crippen molar-refractivity contribution in [3.63, 3.8) is 0 Å². The maximum absolute atomic E-state index is 6.16. The van der Waals surface area contributed by atoms with Crippen LogP contribution in [-0.4, -0.2) is 6.04 Å². The molecule has 0 bridgehead atoms. The maximum atomic E-state index is 6.16. The molecule has 1 rings (SSSR count). The van der Waals surface area contributed by atoms with Crippen LogP contribution in [0, 0.1) is 25.7 Å². The van der Waals surface area contributed by atoms with Crippen molar-refractivity contribution in [2.24, 2.45) is 5.73 Å². The highest BCUT2D eigenvalue weighted by Gasteiger charge is 2.05. The smallest absolute Gasteiger partial charge is 0.0372 e. The summed E-state index contributed by atoms with van der Waals surface area (Å²) < 4.78 is 0. The lowest BCUT2D eigenvalue weighted by molar-refractivity contribution is 0.763. The van der Waals surface area contributed by atoms with Crippen molar-refractivity contribution in [2.75, 3.05) is 0 Å². The highest BCUT2D eigenvalue weighted by Crippen LogP contribution is 2.16. The van der Waals surface area contributed by atoms with Crippen LogP contribution in [0.3, 0.4) is 0 Å². The largest absolute Gasteiger partial charge is 0.323 e. The van der Waals surface area contributed by atoms with Crippen LogP contribution >= 0.6 is 0 Å². The van der Waals surface area contributed by atoms with Crippen LogP contribution in [0.15, 0.2) is 23.8 Å². The molecular formula is C18H25N. The second kappa shape index (κ2) is 7.81. The van der Waals surface area contributed by atoms with Crippen molar-refractivity contribution in [3.05, 3.63) is 40.5 Å². The lowest BCUT2D eigenvalue weighted by Gasteiger charge is -2.10. The molecule has 0 saturated heterocycles. The van der Waals surface area contributed by atoms with Gasteiger partial charge in [-0.15, -0.1) is 0 Å². The Kier molecular flexibility index (Phi) is 6.39. The van der Waals surface area contributed by atoms with Gasteiger partial charge in [-0.1, -0.05) is 49.5 Å². The molecule has 19 heavy (non-hydrogen) atoms. The molecule has 1 aromatic rings. The van der Waals surface area contributed by atoms with Crippen LogP contribution in [0.1, 0.15) is 49.8 Å². The van der Waals surface area contributed by atoms with E-state index < -0.39 is 0 Å². The van der Waals surface area contributed by atoms with Crippen LogP contribution in [0.5, 0.6) is 0 Å². The lowest BCUT2D eigenvalue weighted by Crippen LogP contribution is -2.20. The van der Waals surface area contributed by atoms with E-state index >= 15 is 0 Å². The summed E-state index contributed by atoms with van der Waals surface area (Å²) >= 11 is 0. The Bertz CT molecular complexity index is 500. The minimum atomic E-state index is 0.0325. The van der Waals surface area contributed by atoms with Crippen molar-refractivity contribution in [1.29, 1.82) is 0 Å². The number of rotatable bonds is 4. The monoisotopic (exact) mass is 255 g/mol. The first-order valence-corrected chi connectivity index (χ1v) is 7.11. The van der Waals surface area contributed by atoms with E-state index in [1.54, 1.807) is 0 Å². The zero-order chi connectivity index (χ0) is 14.3. The van der Waals surface area contributed by atoms with Crippen LogP contribution < -0.4 is 5.73 Å². The molecule has 0 aliphatic heterocycles. The first-order valence-electron chi connectivity index (χ1n) is 7.11. The molecule has 1 unspecified atom stereocenters. The molecule has 2 N–H and O–H groups in total. The number of benzene rings is 1. The maximum Gasteiger partial charge on any atom is 0.0372 e. The molecule has 0 fully saturated rings. The number of hydrogen-bond acceptors (Lipinski definition) is 1. The summed E-state index contributed by atoms with van der Waals surface area (Å²) in [7, 11) is 0. The summed E-state index contributed by atoms with van der Waals surface area (Å²) in [4.78, 5) is 0. The van der Waals surface area contributed by atoms with Gasteiger partial charge in [-0.25, -0.2) is 0 Å². The Morgan fingerprint density at radius 1 is 1.32 bits per heavy atom. The molecule has 0 amide bonds. The first kappa shape index (κ1) is 15.5. The number of hydrogen-bond donors (Lipinski definition) is 1. The van der Waals surface area contributed by atoms with E-state index in [1.165, 1.54) is 16.7 Å². The molecule has 102 valence electrons. The van der Waals surface area contributed by atoms with E-state index in [0.717, 1.165) is 24.8 Å². The van der Waals surface area contributed by atoms with Gasteiger partial charge in [0.2, 0.25) is 0 Å². The average molecular weight is 255 g/mol. The van der Waals surface area contributed by atoms with Gasteiger partial charge in [0.25, 0.3) is 0 Å². The van der Waals surface area contributed by atoms with Crippen molar-refractivity contribution in [3.8, 4) is 11.8 Å². The van der Waals surface area contributed by atoms with Crippen molar-refractivity contribution < 1.29 is 0 Å². The summed E-state index contributed by atoms with van der Waals surface area (Å²) in [6.45, 7) is 8.48. The Morgan fingerprint density at radius 2 is 2.05 bits per heavy atom. The SMILES string of the molecule is CCCC#CC(=Cc1ccc(C)cc1C)C(N)CC. The zero-order valence-corrected chi connectivity index (χ0v) is 12.6. The van der Waals surface area contributed by atoms with E-state index in [2.05, 4.69) is 63.8 Å². The Morgan fingerprint density at radius 3 is 2.63 bits per heavy atom. The van der Waals surface area contributed by atoms with Crippen molar-refractivity contribution >= 4 is 6.08 Å². The van der Waals surface area contributed by atoms with Gasteiger partial charge < -0.3 is 5.73 Å². The summed E-state index contributed by atoms with van der Waals surface area (Å²) in [5, 5.41) is 0.